The minimum absolute atomic E-state index is 0.0654. The van der Waals surface area contributed by atoms with Crippen LogP contribution in [0.4, 0.5) is 52.7 Å². The van der Waals surface area contributed by atoms with Gasteiger partial charge in [-0.1, -0.05) is 97.1 Å². The third-order valence-electron chi connectivity index (χ3n) is 17.6. The molecule has 6 heterocycles. The van der Waals surface area contributed by atoms with E-state index >= 15 is 0 Å². The van der Waals surface area contributed by atoms with Crippen LogP contribution in [0.25, 0.3) is 112 Å². The van der Waals surface area contributed by atoms with Crippen LogP contribution in [0.3, 0.4) is 0 Å². The Morgan fingerprint density at radius 2 is 0.524 bits per heavy atom. The largest absolute Gasteiger partial charge is 0.417 e. The number of hydrogen-bond acceptors (Lipinski definition) is 6. The molecule has 6 aromatic carbocycles. The summed E-state index contributed by atoms with van der Waals surface area (Å²) in [6.45, 7) is 3.73. The summed E-state index contributed by atoms with van der Waals surface area (Å²) in [6, 6.07) is 47.3. The second-order valence-electron chi connectivity index (χ2n) is 25.1. The van der Waals surface area contributed by atoms with Crippen LogP contribution in [0.1, 0.15) is 39.8 Å². The van der Waals surface area contributed by atoms with Crippen molar-refractivity contribution in [3.63, 3.8) is 0 Å². The standard InChI is InChI=1S/C77H58F12N8O6P2/c1-48-42-62(74(78,79)80)44-64(76(84,85)86)70(48)72-90-66(46-68(92-72)60-16-8-52(9-17-60)56-24-34-96(35-25-56)38-40-104(98,99)100)58-12-4-50(5-13-58)54-20-30-94(31-21-54)28-3-29-95-32-22-55(23-33-95)51-6-14-59(15-7-51)67-47-69(61-18-10-53(11-19-61)57-26-36-97(37-27-57)39-41-105(101,102)103)93-73(91-67)71-49(2)43-63(75(81,82)83)45-65(71)77(87,88)89/h4-27,30-37,42-47H,3,28-29,38-41H2,1-2H3/p+4. The molecule has 0 fully saturated rings. The third kappa shape index (κ3) is 18.2. The molecule has 12 aromatic rings. The Balaban J connectivity index is 0.737. The Bertz CT molecular complexity index is 4930. The summed E-state index contributed by atoms with van der Waals surface area (Å²) in [5.74, 6) is -0.883. The lowest BCUT2D eigenvalue weighted by molar-refractivity contribution is -0.726. The van der Waals surface area contributed by atoms with Crippen LogP contribution in [0.2, 0.25) is 0 Å². The van der Waals surface area contributed by atoms with E-state index in [1.165, 1.54) is 0 Å². The molecule has 0 bridgehead atoms. The van der Waals surface area contributed by atoms with Crippen molar-refractivity contribution in [3.05, 3.63) is 265 Å². The Hall–Kier alpha value is -10.5. The molecule has 0 saturated heterocycles. The van der Waals surface area contributed by atoms with E-state index < -0.39 is 84.9 Å². The van der Waals surface area contributed by atoms with E-state index in [9.17, 15) is 81.4 Å². The predicted octanol–water partition coefficient (Wildman–Crippen LogP) is 17.2. The van der Waals surface area contributed by atoms with Gasteiger partial charge in [-0.3, -0.25) is 9.13 Å². The zero-order valence-electron chi connectivity index (χ0n) is 55.5. The van der Waals surface area contributed by atoms with Gasteiger partial charge in [0.15, 0.2) is 87.4 Å². The molecular weight excluding hydrogens is 1420 g/mol. The van der Waals surface area contributed by atoms with Crippen molar-refractivity contribution in [2.45, 2.75) is 71.2 Å². The molecule has 0 aliphatic carbocycles. The Morgan fingerprint density at radius 1 is 0.305 bits per heavy atom. The molecule has 6 aromatic heterocycles. The highest BCUT2D eigenvalue weighted by Crippen LogP contribution is 2.46. The van der Waals surface area contributed by atoms with Gasteiger partial charge in [0.1, 0.15) is 12.3 Å². The molecule has 105 heavy (non-hydrogen) atoms. The Kier molecular flexibility index (Phi) is 20.9. The van der Waals surface area contributed by atoms with Crippen LogP contribution < -0.4 is 18.3 Å². The second kappa shape index (κ2) is 29.6. The van der Waals surface area contributed by atoms with Crippen LogP contribution in [0, 0.1) is 13.8 Å². The number of halogens is 12. The maximum Gasteiger partial charge on any atom is 0.417 e. The van der Waals surface area contributed by atoms with Gasteiger partial charge in [0.2, 0.25) is 0 Å². The number of alkyl halides is 12. The van der Waals surface area contributed by atoms with Crippen molar-refractivity contribution in [1.29, 1.82) is 0 Å². The third-order valence-corrected chi connectivity index (χ3v) is 19.2. The fourth-order valence-electron chi connectivity index (χ4n) is 12.1. The number of aryl methyl sites for hydroxylation is 6. The van der Waals surface area contributed by atoms with Crippen LogP contribution in [0.15, 0.2) is 232 Å². The predicted molar refractivity (Wildman–Crippen MR) is 367 cm³/mol. The van der Waals surface area contributed by atoms with Crippen molar-refractivity contribution >= 4 is 15.2 Å². The summed E-state index contributed by atoms with van der Waals surface area (Å²) in [6.07, 6.45) is -6.21. The monoisotopic (exact) mass is 1480 g/mol. The van der Waals surface area contributed by atoms with Gasteiger partial charge in [-0.15, -0.1) is 0 Å². The zero-order valence-corrected chi connectivity index (χ0v) is 57.3. The van der Waals surface area contributed by atoms with Crippen molar-refractivity contribution in [1.82, 2.24) is 19.9 Å². The highest BCUT2D eigenvalue weighted by Gasteiger charge is 2.42. The first-order valence-electron chi connectivity index (χ1n) is 32.4. The average molecular weight is 1490 g/mol. The highest BCUT2D eigenvalue weighted by atomic mass is 31.2. The first-order chi connectivity index (χ1) is 49.5. The molecule has 0 atom stereocenters. The SMILES string of the molecule is Cc1cc(C(F)(F)F)cc(C(F)(F)F)c1-c1nc(-c2ccc(-c3cc[n+](CCC[n+]4ccc(-c5ccc(-c6cc(-c7ccc(-c8cc[n+](CCP(=O)(O)O)cc8)cc7)nc(-c7c(C)cc(C(F)(F)F)cc7C(F)(F)F)n6)cc5)cc4)cc3)cc2)cc(-c2ccc(-c3cc[n+](CCP(=O)(O)O)cc3)cc2)n1. The van der Waals surface area contributed by atoms with Gasteiger partial charge in [-0.2, -0.15) is 52.7 Å². The summed E-state index contributed by atoms with van der Waals surface area (Å²) in [5.41, 5.74) is 0.922. The first-order valence-corrected chi connectivity index (χ1v) is 36.0. The minimum atomic E-state index is -5.22. The van der Waals surface area contributed by atoms with Gasteiger partial charge in [0.05, 0.1) is 51.5 Å². The zero-order chi connectivity index (χ0) is 75.0. The quantitative estimate of drug-likeness (QED) is 0.0326. The number of rotatable bonds is 20. The van der Waals surface area contributed by atoms with Gasteiger partial charge in [-0.05, 0) is 106 Å². The van der Waals surface area contributed by atoms with E-state index in [4.69, 9.17) is 0 Å². The van der Waals surface area contributed by atoms with E-state index in [2.05, 4.69) is 19.9 Å². The van der Waals surface area contributed by atoms with Crippen molar-refractivity contribution in [2.24, 2.45) is 0 Å². The van der Waals surface area contributed by atoms with E-state index in [1.807, 2.05) is 82.5 Å². The number of aromatic nitrogens is 8. The molecule has 4 N–H and O–H groups in total. The van der Waals surface area contributed by atoms with Gasteiger partial charge in [-0.25, -0.2) is 38.2 Å². The molecule has 0 spiro atoms. The minimum Gasteiger partial charge on any atom is -0.324 e. The lowest BCUT2D eigenvalue weighted by atomic mass is 9.96. The van der Waals surface area contributed by atoms with Crippen LogP contribution >= 0.6 is 15.2 Å². The molecule has 0 aliphatic heterocycles. The van der Waals surface area contributed by atoms with Gasteiger partial charge in [0.25, 0.3) is 0 Å². The molecule has 0 saturated carbocycles. The van der Waals surface area contributed by atoms with Gasteiger partial charge < -0.3 is 19.6 Å². The number of pyridine rings is 4. The summed E-state index contributed by atoms with van der Waals surface area (Å²) in [7, 11) is -8.45. The summed E-state index contributed by atoms with van der Waals surface area (Å²) in [5, 5.41) is 0. The van der Waals surface area contributed by atoms with E-state index in [1.54, 1.807) is 143 Å². The maximum absolute atomic E-state index is 14.8. The molecule has 0 radical (unpaired) electrons. The fraction of sp³-hybridized carbons (Fsp3) is 0.169. The van der Waals surface area contributed by atoms with Gasteiger partial charge >= 0.3 is 39.9 Å². The topological polar surface area (TPSA) is 182 Å². The molecular formula is C77H62F12N8O6P2+4. The van der Waals surface area contributed by atoms with Crippen molar-refractivity contribution in [3.8, 4) is 112 Å². The summed E-state index contributed by atoms with van der Waals surface area (Å²) >= 11 is 0. The molecule has 0 amide bonds. The van der Waals surface area contributed by atoms with Crippen LogP contribution in [-0.4, -0.2) is 51.8 Å². The summed E-state index contributed by atoms with van der Waals surface area (Å²) < 4.78 is 203. The molecule has 12 rings (SSSR count). The summed E-state index contributed by atoms with van der Waals surface area (Å²) in [4.78, 5) is 55.4. The second-order valence-corrected chi connectivity index (χ2v) is 28.6. The lowest BCUT2D eigenvalue weighted by Gasteiger charge is -2.19. The molecule has 0 aliphatic rings. The molecule has 0 unspecified atom stereocenters. The molecule has 536 valence electrons. The number of hydrogen-bond donors (Lipinski definition) is 4. The maximum atomic E-state index is 14.8. The number of nitrogens with zero attached hydrogens (tertiary/aromatic N) is 8. The Morgan fingerprint density at radius 3 is 0.743 bits per heavy atom. The lowest BCUT2D eigenvalue weighted by Crippen LogP contribution is -2.38. The fourth-order valence-corrected chi connectivity index (χ4v) is 13.1. The van der Waals surface area contributed by atoms with E-state index in [0.29, 0.717) is 47.5 Å². The molecule has 28 heteroatoms. The van der Waals surface area contributed by atoms with Crippen molar-refractivity contribution < 1.29 is 99.7 Å². The van der Waals surface area contributed by atoms with Crippen molar-refractivity contribution in [2.75, 3.05) is 12.3 Å². The Labute approximate surface area is 592 Å². The normalized spacial score (nSPS) is 12.4. The molecule has 14 nitrogen and oxygen atoms in total. The van der Waals surface area contributed by atoms with Crippen LogP contribution in [0.5, 0.6) is 0 Å². The highest BCUT2D eigenvalue weighted by molar-refractivity contribution is 7.52. The average Bonchev–Trinajstić information content (AvgIpc) is 0.763. The smallest absolute Gasteiger partial charge is 0.324 e. The first kappa shape index (κ1) is 74.3. The van der Waals surface area contributed by atoms with E-state index in [-0.39, 0.29) is 71.4 Å². The van der Waals surface area contributed by atoms with Crippen LogP contribution in [-0.2, 0) is 60.0 Å². The number of benzene rings is 6. The van der Waals surface area contributed by atoms with E-state index in [0.717, 1.165) is 64.8 Å². The van der Waals surface area contributed by atoms with Gasteiger partial charge in [0, 0.05) is 81.9 Å².